The summed E-state index contributed by atoms with van der Waals surface area (Å²) in [4.78, 5) is 4.73. The smallest absolute Gasteiger partial charge is 0.0731 e. The van der Waals surface area contributed by atoms with E-state index in [1.807, 2.05) is 60.7 Å². The minimum atomic E-state index is 0.539. The van der Waals surface area contributed by atoms with E-state index in [2.05, 4.69) is 11.4 Å². The molecule has 0 aliphatic rings. The van der Waals surface area contributed by atoms with Gasteiger partial charge in [0.25, 0.3) is 0 Å². The lowest BCUT2D eigenvalue weighted by Crippen LogP contribution is -1.98. The summed E-state index contributed by atoms with van der Waals surface area (Å²) in [5, 5.41) is 6.29. The molecule has 4 rings (SSSR count). The van der Waals surface area contributed by atoms with Crippen molar-refractivity contribution >= 4 is 44.8 Å². The molecule has 0 aliphatic carbocycles. The normalized spacial score (nSPS) is 11.1. The molecule has 4 aromatic rings. The molecule has 3 aromatic carbocycles. The van der Waals surface area contributed by atoms with Crippen LogP contribution in [0.25, 0.3) is 21.8 Å². The average molecular weight is 334 g/mol. The number of pyridine rings is 1. The quantitative estimate of drug-likeness (QED) is 0.504. The Morgan fingerprint density at radius 3 is 2.42 bits per heavy atom. The zero-order valence-electron chi connectivity index (χ0n) is 13.0. The number of halogens is 1. The molecule has 1 aromatic heterocycles. The lowest BCUT2D eigenvalue weighted by atomic mass is 10.1. The first kappa shape index (κ1) is 14.9. The average Bonchev–Trinajstić information content (AvgIpc) is 2.62. The number of nitrogens with two attached hydrogens (primary N) is 1. The number of para-hydroxylation sites is 1. The number of hydrogen-bond acceptors (Lipinski definition) is 3. The Morgan fingerprint density at radius 1 is 0.875 bits per heavy atom. The fourth-order valence-corrected chi connectivity index (χ4v) is 3.04. The Balaban J connectivity index is 1.93. The van der Waals surface area contributed by atoms with Crippen molar-refractivity contribution < 1.29 is 0 Å². The van der Waals surface area contributed by atoms with Gasteiger partial charge in [-0.1, -0.05) is 41.9 Å². The molecule has 0 saturated carbocycles. The van der Waals surface area contributed by atoms with E-state index >= 15 is 0 Å². The maximum atomic E-state index is 6.21. The van der Waals surface area contributed by atoms with Crippen LogP contribution in [0.1, 0.15) is 5.56 Å². The van der Waals surface area contributed by atoms with Crippen LogP contribution in [-0.2, 0) is 6.54 Å². The highest BCUT2D eigenvalue weighted by Crippen LogP contribution is 2.34. The maximum absolute atomic E-state index is 6.21. The molecule has 3 N–H and O–H groups in total. The summed E-state index contributed by atoms with van der Waals surface area (Å²) in [6, 6.07) is 22.0. The molecule has 0 bridgehead atoms. The monoisotopic (exact) mass is 333 g/mol. The number of nitrogens with one attached hydrogen (secondary N) is 1. The molecule has 0 aliphatic heterocycles. The first-order valence-electron chi connectivity index (χ1n) is 7.78. The van der Waals surface area contributed by atoms with Crippen molar-refractivity contribution in [3.8, 4) is 0 Å². The Labute approximate surface area is 145 Å². The van der Waals surface area contributed by atoms with Crippen molar-refractivity contribution in [3.05, 3.63) is 77.3 Å². The van der Waals surface area contributed by atoms with Gasteiger partial charge in [0.1, 0.15) is 0 Å². The fraction of sp³-hybridized carbons (Fsp3) is 0.0500. The van der Waals surface area contributed by atoms with E-state index in [-0.39, 0.29) is 0 Å². The Morgan fingerprint density at radius 2 is 1.62 bits per heavy atom. The summed E-state index contributed by atoms with van der Waals surface area (Å²) in [5.74, 6) is 0. The second-order valence-corrected chi connectivity index (χ2v) is 6.13. The molecule has 1 heterocycles. The highest BCUT2D eigenvalue weighted by molar-refractivity contribution is 6.31. The number of nitrogens with zero attached hydrogens (tertiary/aromatic N) is 1. The second kappa shape index (κ2) is 6.11. The zero-order chi connectivity index (χ0) is 16.5. The largest absolute Gasteiger partial charge is 0.354 e. The van der Waals surface area contributed by atoms with Crippen LogP contribution in [0.15, 0.2) is 66.7 Å². The minimum absolute atomic E-state index is 0.539. The highest BCUT2D eigenvalue weighted by atomic mass is 35.5. The third kappa shape index (κ3) is 2.68. The summed E-state index contributed by atoms with van der Waals surface area (Å²) in [6.07, 6.45) is 0. The third-order valence-corrected chi connectivity index (χ3v) is 4.34. The number of anilines is 2. The summed E-state index contributed by atoms with van der Waals surface area (Å²) in [5.41, 5.74) is 10.7. The van der Waals surface area contributed by atoms with Crippen LogP contribution >= 0.6 is 11.6 Å². The predicted octanol–water partition coefficient (Wildman–Crippen LogP) is 5.24. The molecule has 0 spiro atoms. The van der Waals surface area contributed by atoms with Crippen molar-refractivity contribution in [1.29, 1.82) is 0 Å². The van der Waals surface area contributed by atoms with Crippen LogP contribution in [0.2, 0.25) is 5.02 Å². The van der Waals surface area contributed by atoms with Crippen molar-refractivity contribution in [2.24, 2.45) is 5.73 Å². The Hall–Kier alpha value is -2.62. The Kier molecular flexibility index (Phi) is 3.81. The van der Waals surface area contributed by atoms with Gasteiger partial charge in [-0.2, -0.15) is 0 Å². The van der Waals surface area contributed by atoms with E-state index in [1.54, 1.807) is 0 Å². The van der Waals surface area contributed by atoms with E-state index in [0.29, 0.717) is 11.6 Å². The van der Waals surface area contributed by atoms with Crippen molar-refractivity contribution in [3.63, 3.8) is 0 Å². The van der Waals surface area contributed by atoms with Crippen molar-refractivity contribution in [1.82, 2.24) is 4.98 Å². The Bertz CT molecular complexity index is 1030. The van der Waals surface area contributed by atoms with Gasteiger partial charge in [0, 0.05) is 28.0 Å². The maximum Gasteiger partial charge on any atom is 0.0731 e. The lowest BCUT2D eigenvalue weighted by molar-refractivity contribution is 1.07. The zero-order valence-corrected chi connectivity index (χ0v) is 13.7. The molecule has 0 saturated heterocycles. The minimum Gasteiger partial charge on any atom is -0.354 e. The summed E-state index contributed by atoms with van der Waals surface area (Å²) >= 11 is 6.21. The van der Waals surface area contributed by atoms with Crippen LogP contribution in [-0.4, -0.2) is 4.98 Å². The summed E-state index contributed by atoms with van der Waals surface area (Å²) in [7, 11) is 0. The van der Waals surface area contributed by atoms with E-state index in [0.717, 1.165) is 38.7 Å². The van der Waals surface area contributed by atoms with Crippen LogP contribution in [0, 0.1) is 0 Å². The molecule has 118 valence electrons. The number of aromatic nitrogens is 1. The lowest BCUT2D eigenvalue weighted by Gasteiger charge is -2.14. The van der Waals surface area contributed by atoms with Gasteiger partial charge in [0.15, 0.2) is 0 Å². The van der Waals surface area contributed by atoms with Crippen LogP contribution in [0.4, 0.5) is 11.4 Å². The van der Waals surface area contributed by atoms with Gasteiger partial charge < -0.3 is 11.1 Å². The van der Waals surface area contributed by atoms with Crippen molar-refractivity contribution in [2.75, 3.05) is 5.32 Å². The van der Waals surface area contributed by atoms with Crippen LogP contribution in [0.3, 0.4) is 0 Å². The van der Waals surface area contributed by atoms with Crippen LogP contribution in [0.5, 0.6) is 0 Å². The van der Waals surface area contributed by atoms with Gasteiger partial charge in [-0.25, -0.2) is 4.98 Å². The molecular formula is C20H16ClN3. The van der Waals surface area contributed by atoms with E-state index in [4.69, 9.17) is 22.3 Å². The highest BCUT2D eigenvalue weighted by Gasteiger charge is 2.10. The molecule has 3 nitrogen and oxygen atoms in total. The van der Waals surface area contributed by atoms with E-state index < -0.39 is 0 Å². The van der Waals surface area contributed by atoms with Gasteiger partial charge in [-0.15, -0.1) is 0 Å². The first-order chi connectivity index (χ1) is 11.7. The molecule has 24 heavy (non-hydrogen) atoms. The predicted molar refractivity (Wildman–Crippen MR) is 102 cm³/mol. The van der Waals surface area contributed by atoms with Gasteiger partial charge in [-0.05, 0) is 42.0 Å². The third-order valence-electron chi connectivity index (χ3n) is 4.10. The summed E-state index contributed by atoms with van der Waals surface area (Å²) < 4.78 is 0. The first-order valence-corrected chi connectivity index (χ1v) is 8.16. The van der Waals surface area contributed by atoms with E-state index in [1.165, 1.54) is 0 Å². The number of fused-ring (bicyclic) bond motifs is 2. The van der Waals surface area contributed by atoms with E-state index in [9.17, 15) is 0 Å². The van der Waals surface area contributed by atoms with Crippen LogP contribution < -0.4 is 11.1 Å². The molecule has 0 fully saturated rings. The number of rotatable bonds is 3. The van der Waals surface area contributed by atoms with Gasteiger partial charge in [0.2, 0.25) is 0 Å². The summed E-state index contributed by atoms with van der Waals surface area (Å²) in [6.45, 7) is 0.539. The second-order valence-electron chi connectivity index (χ2n) is 5.69. The molecular weight excluding hydrogens is 318 g/mol. The standard InChI is InChI=1S/C20H16ClN3/c21-14-7-10-19-17(11-14)20(16-3-1-2-4-18(16)24-19)23-15-8-5-13(12-22)6-9-15/h1-11H,12,22H2,(H,23,24). The molecule has 4 heteroatoms. The topological polar surface area (TPSA) is 50.9 Å². The number of benzene rings is 3. The fourth-order valence-electron chi connectivity index (χ4n) is 2.87. The molecule has 0 amide bonds. The SMILES string of the molecule is NCc1ccc(Nc2c3ccccc3nc3ccc(Cl)cc23)cc1. The molecule has 0 unspecified atom stereocenters. The molecule has 0 atom stereocenters. The van der Waals surface area contributed by atoms with Gasteiger partial charge >= 0.3 is 0 Å². The number of hydrogen-bond donors (Lipinski definition) is 2. The van der Waals surface area contributed by atoms with Gasteiger partial charge in [0.05, 0.1) is 16.7 Å². The van der Waals surface area contributed by atoms with Crippen molar-refractivity contribution in [2.45, 2.75) is 6.54 Å². The molecule has 0 radical (unpaired) electrons. The van der Waals surface area contributed by atoms with Gasteiger partial charge in [-0.3, -0.25) is 0 Å².